The number of amides is 1. The molecule has 0 aliphatic carbocycles. The molecule has 0 spiro atoms. The first-order chi connectivity index (χ1) is 10.9. The SMILES string of the molecule is Cl.Cl.O=C(CN1CCN(CCO)CC1)Nc1cccc(C(F)(F)F)c1. The molecule has 1 aromatic carbocycles. The first-order valence-electron chi connectivity index (χ1n) is 7.41. The zero-order valence-corrected chi connectivity index (χ0v) is 15.1. The lowest BCUT2D eigenvalue weighted by molar-refractivity contribution is -0.137. The number of benzene rings is 1. The summed E-state index contributed by atoms with van der Waals surface area (Å²) >= 11 is 0. The Morgan fingerprint density at radius 3 is 2.28 bits per heavy atom. The Kier molecular flexibility index (Phi) is 10.4. The molecule has 2 rings (SSSR count). The summed E-state index contributed by atoms with van der Waals surface area (Å²) in [7, 11) is 0. The first-order valence-corrected chi connectivity index (χ1v) is 7.41. The largest absolute Gasteiger partial charge is 0.416 e. The van der Waals surface area contributed by atoms with E-state index in [2.05, 4.69) is 10.2 Å². The van der Waals surface area contributed by atoms with E-state index in [4.69, 9.17) is 5.11 Å². The van der Waals surface area contributed by atoms with E-state index < -0.39 is 11.7 Å². The van der Waals surface area contributed by atoms with Gasteiger partial charge in [-0.1, -0.05) is 6.07 Å². The molecular weight excluding hydrogens is 382 g/mol. The molecule has 0 bridgehead atoms. The third-order valence-corrected chi connectivity index (χ3v) is 3.72. The van der Waals surface area contributed by atoms with E-state index in [1.807, 2.05) is 4.90 Å². The maximum absolute atomic E-state index is 12.6. The maximum Gasteiger partial charge on any atom is 0.416 e. The molecule has 1 heterocycles. The number of β-amino-alcohol motifs (C(OH)–C–C–N with tert-alkyl or cyclic N) is 1. The van der Waals surface area contributed by atoms with Gasteiger partial charge in [-0.2, -0.15) is 13.2 Å². The second-order valence-electron chi connectivity index (χ2n) is 5.47. The zero-order chi connectivity index (χ0) is 16.9. The van der Waals surface area contributed by atoms with Crippen molar-refractivity contribution < 1.29 is 23.1 Å². The van der Waals surface area contributed by atoms with Crippen molar-refractivity contribution in [2.75, 3.05) is 51.2 Å². The number of nitrogens with zero attached hydrogens (tertiary/aromatic N) is 2. The lowest BCUT2D eigenvalue weighted by Gasteiger charge is -2.33. The van der Waals surface area contributed by atoms with Crippen molar-refractivity contribution in [1.29, 1.82) is 0 Å². The molecule has 144 valence electrons. The van der Waals surface area contributed by atoms with Crippen molar-refractivity contribution in [2.45, 2.75) is 6.18 Å². The lowest BCUT2D eigenvalue weighted by atomic mass is 10.2. The molecule has 0 atom stereocenters. The summed E-state index contributed by atoms with van der Waals surface area (Å²) in [6.45, 7) is 3.77. The Bertz CT molecular complexity index is 539. The number of piperazine rings is 1. The fraction of sp³-hybridized carbons (Fsp3) is 0.533. The molecule has 1 aliphatic heterocycles. The maximum atomic E-state index is 12.6. The van der Waals surface area contributed by atoms with Gasteiger partial charge in [0, 0.05) is 38.4 Å². The lowest BCUT2D eigenvalue weighted by Crippen LogP contribution is -2.49. The van der Waals surface area contributed by atoms with Crippen molar-refractivity contribution in [3.63, 3.8) is 0 Å². The van der Waals surface area contributed by atoms with Gasteiger partial charge in [-0.3, -0.25) is 14.6 Å². The Labute approximate surface area is 157 Å². The van der Waals surface area contributed by atoms with Gasteiger partial charge in [0.1, 0.15) is 0 Å². The Morgan fingerprint density at radius 1 is 1.12 bits per heavy atom. The van der Waals surface area contributed by atoms with Gasteiger partial charge < -0.3 is 10.4 Å². The van der Waals surface area contributed by atoms with E-state index in [-0.39, 0.29) is 49.6 Å². The molecule has 1 aromatic rings. The van der Waals surface area contributed by atoms with Crippen molar-refractivity contribution in [3.05, 3.63) is 29.8 Å². The highest BCUT2D eigenvalue weighted by Gasteiger charge is 2.30. The van der Waals surface area contributed by atoms with Crippen LogP contribution in [0.4, 0.5) is 18.9 Å². The first kappa shape index (κ1) is 23.9. The van der Waals surface area contributed by atoms with Crippen LogP contribution in [0.2, 0.25) is 0 Å². The number of anilines is 1. The average molecular weight is 404 g/mol. The van der Waals surface area contributed by atoms with Crippen LogP contribution < -0.4 is 5.32 Å². The second kappa shape index (κ2) is 10.8. The average Bonchev–Trinajstić information content (AvgIpc) is 2.49. The predicted octanol–water partition coefficient (Wildman–Crippen LogP) is 2.10. The van der Waals surface area contributed by atoms with Crippen LogP contribution in [0.25, 0.3) is 0 Å². The Balaban J connectivity index is 0.00000288. The van der Waals surface area contributed by atoms with Crippen LogP contribution in [-0.4, -0.2) is 66.7 Å². The van der Waals surface area contributed by atoms with Crippen LogP contribution in [0, 0.1) is 0 Å². The quantitative estimate of drug-likeness (QED) is 0.790. The minimum absolute atomic E-state index is 0. The highest BCUT2D eigenvalue weighted by molar-refractivity contribution is 5.92. The number of carbonyl (C=O) groups is 1. The number of alkyl halides is 3. The van der Waals surface area contributed by atoms with Gasteiger partial charge >= 0.3 is 6.18 Å². The molecule has 1 saturated heterocycles. The summed E-state index contributed by atoms with van der Waals surface area (Å²) in [5.41, 5.74) is -0.642. The standard InChI is InChI=1S/C15H20F3N3O2.2ClH/c16-15(17,18)12-2-1-3-13(10-12)19-14(23)11-21-6-4-20(5-7-21)8-9-22;;/h1-3,10,22H,4-9,11H2,(H,19,23);2*1H. The monoisotopic (exact) mass is 403 g/mol. The molecule has 0 saturated carbocycles. The summed E-state index contributed by atoms with van der Waals surface area (Å²) in [6, 6.07) is 4.60. The van der Waals surface area contributed by atoms with Crippen molar-refractivity contribution in [1.82, 2.24) is 9.80 Å². The van der Waals surface area contributed by atoms with Gasteiger partial charge in [0.15, 0.2) is 0 Å². The van der Waals surface area contributed by atoms with Crippen LogP contribution in [0.5, 0.6) is 0 Å². The third kappa shape index (κ3) is 7.79. The fourth-order valence-corrected chi connectivity index (χ4v) is 2.49. The summed E-state index contributed by atoms with van der Waals surface area (Å²) in [5.74, 6) is -0.333. The highest BCUT2D eigenvalue weighted by atomic mass is 35.5. The number of halogens is 5. The molecule has 2 N–H and O–H groups in total. The normalized spacial score (nSPS) is 15.8. The van der Waals surface area contributed by atoms with Gasteiger partial charge in [-0.25, -0.2) is 0 Å². The molecule has 0 unspecified atom stereocenters. The van der Waals surface area contributed by atoms with Crippen LogP contribution >= 0.6 is 24.8 Å². The smallest absolute Gasteiger partial charge is 0.395 e. The molecule has 10 heteroatoms. The summed E-state index contributed by atoms with van der Waals surface area (Å²) < 4.78 is 37.9. The third-order valence-electron chi connectivity index (χ3n) is 3.72. The van der Waals surface area contributed by atoms with Crippen LogP contribution in [0.15, 0.2) is 24.3 Å². The van der Waals surface area contributed by atoms with E-state index in [1.54, 1.807) is 0 Å². The van der Waals surface area contributed by atoms with Gasteiger partial charge in [-0.15, -0.1) is 24.8 Å². The molecule has 1 fully saturated rings. The van der Waals surface area contributed by atoms with Crippen LogP contribution in [0.3, 0.4) is 0 Å². The number of carbonyl (C=O) groups excluding carboxylic acids is 1. The Morgan fingerprint density at radius 2 is 1.72 bits per heavy atom. The van der Waals surface area contributed by atoms with E-state index in [1.165, 1.54) is 12.1 Å². The van der Waals surface area contributed by atoms with Crippen molar-refractivity contribution in [3.8, 4) is 0 Å². The molecule has 5 nitrogen and oxygen atoms in total. The number of hydrogen-bond donors (Lipinski definition) is 2. The van der Waals surface area contributed by atoms with Crippen molar-refractivity contribution >= 4 is 36.4 Å². The number of nitrogens with one attached hydrogen (secondary N) is 1. The molecule has 1 amide bonds. The molecular formula is C15H22Cl2F3N3O2. The number of aliphatic hydroxyl groups excluding tert-OH is 1. The van der Waals surface area contributed by atoms with Gasteiger partial charge in [0.2, 0.25) is 5.91 Å². The minimum Gasteiger partial charge on any atom is -0.395 e. The number of hydrogen-bond acceptors (Lipinski definition) is 4. The van der Waals surface area contributed by atoms with Gasteiger partial charge in [-0.05, 0) is 18.2 Å². The minimum atomic E-state index is -4.43. The number of rotatable bonds is 5. The van der Waals surface area contributed by atoms with E-state index in [0.717, 1.165) is 25.2 Å². The van der Waals surface area contributed by atoms with Crippen LogP contribution in [-0.2, 0) is 11.0 Å². The summed E-state index contributed by atoms with van der Waals surface area (Å²) in [6.07, 6.45) is -4.43. The fourth-order valence-electron chi connectivity index (χ4n) is 2.49. The molecule has 1 aliphatic rings. The van der Waals surface area contributed by atoms with Crippen LogP contribution in [0.1, 0.15) is 5.56 Å². The van der Waals surface area contributed by atoms with E-state index >= 15 is 0 Å². The summed E-state index contributed by atoms with van der Waals surface area (Å²) in [5, 5.41) is 11.4. The molecule has 0 aromatic heterocycles. The van der Waals surface area contributed by atoms with Crippen molar-refractivity contribution in [2.24, 2.45) is 0 Å². The molecule has 25 heavy (non-hydrogen) atoms. The number of aliphatic hydroxyl groups is 1. The molecule has 0 radical (unpaired) electrons. The predicted molar refractivity (Wildman–Crippen MR) is 94.5 cm³/mol. The van der Waals surface area contributed by atoms with Gasteiger partial charge in [0.05, 0.1) is 18.7 Å². The highest BCUT2D eigenvalue weighted by Crippen LogP contribution is 2.30. The van der Waals surface area contributed by atoms with Gasteiger partial charge in [0.25, 0.3) is 0 Å². The summed E-state index contributed by atoms with van der Waals surface area (Å²) in [4.78, 5) is 16.0. The second-order valence-corrected chi connectivity index (χ2v) is 5.47. The van der Waals surface area contributed by atoms with E-state index in [9.17, 15) is 18.0 Å². The van der Waals surface area contributed by atoms with E-state index in [0.29, 0.717) is 19.6 Å². The topological polar surface area (TPSA) is 55.8 Å². The Hall–Kier alpha value is -1.06. The zero-order valence-electron chi connectivity index (χ0n) is 13.5.